The van der Waals surface area contributed by atoms with Crippen molar-refractivity contribution in [2.75, 3.05) is 0 Å². The molecule has 0 bridgehead atoms. The van der Waals surface area contributed by atoms with Crippen LogP contribution < -0.4 is 5.73 Å². The van der Waals surface area contributed by atoms with Crippen molar-refractivity contribution in [3.8, 4) is 0 Å². The van der Waals surface area contributed by atoms with Crippen molar-refractivity contribution in [1.82, 2.24) is 0 Å². The van der Waals surface area contributed by atoms with E-state index in [9.17, 15) is 0 Å². The van der Waals surface area contributed by atoms with Gasteiger partial charge < -0.3 is 5.73 Å². The van der Waals surface area contributed by atoms with E-state index < -0.39 is 0 Å². The summed E-state index contributed by atoms with van der Waals surface area (Å²) in [6.07, 6.45) is 8.98. The Morgan fingerprint density at radius 3 is 3.11 bits per heavy atom. The summed E-state index contributed by atoms with van der Waals surface area (Å²) in [7, 11) is 0. The van der Waals surface area contributed by atoms with Crippen molar-refractivity contribution in [3.05, 3.63) is 35.6 Å². The van der Waals surface area contributed by atoms with Crippen molar-refractivity contribution >= 4 is 0 Å². The minimum Gasteiger partial charge on any atom is -0.402 e. The predicted molar refractivity (Wildman–Crippen MR) is 39.8 cm³/mol. The molecule has 0 spiro atoms. The highest BCUT2D eigenvalue weighted by atomic mass is 14.6. The maximum absolute atomic E-state index is 5.56. The van der Waals surface area contributed by atoms with E-state index in [4.69, 9.17) is 5.73 Å². The van der Waals surface area contributed by atoms with E-state index in [2.05, 4.69) is 19.1 Å². The number of allylic oxidation sites excluding steroid dienone is 5. The zero-order chi connectivity index (χ0) is 6.69. The van der Waals surface area contributed by atoms with Crippen molar-refractivity contribution in [1.29, 1.82) is 0 Å². The quantitative estimate of drug-likeness (QED) is 0.519. The first-order valence-electron chi connectivity index (χ1n) is 3.08. The molecule has 9 heavy (non-hydrogen) atoms. The molecule has 1 heteroatoms. The average molecular weight is 121 g/mol. The average Bonchev–Trinajstić information content (AvgIpc) is 1.97. The van der Waals surface area contributed by atoms with Crippen molar-refractivity contribution in [2.24, 2.45) is 5.73 Å². The molecular weight excluding hydrogens is 110 g/mol. The first kappa shape index (κ1) is 6.14. The maximum Gasteiger partial charge on any atom is 0.0119 e. The third-order valence-electron chi connectivity index (χ3n) is 1.33. The van der Waals surface area contributed by atoms with E-state index in [0.717, 1.165) is 12.1 Å². The van der Waals surface area contributed by atoms with Crippen LogP contribution in [-0.2, 0) is 0 Å². The Kier molecular flexibility index (Phi) is 1.73. The second kappa shape index (κ2) is 2.53. The SMILES string of the molecule is CC1=CCC(N)=CC=C1. The van der Waals surface area contributed by atoms with Crippen LogP contribution in [0.4, 0.5) is 0 Å². The predicted octanol–water partition coefficient (Wildman–Crippen LogP) is 1.74. The number of hydrogen-bond acceptors (Lipinski definition) is 1. The molecule has 0 radical (unpaired) electrons. The van der Waals surface area contributed by atoms with Gasteiger partial charge in [0.05, 0.1) is 0 Å². The van der Waals surface area contributed by atoms with Gasteiger partial charge in [-0.25, -0.2) is 0 Å². The lowest BCUT2D eigenvalue weighted by Crippen LogP contribution is -1.92. The van der Waals surface area contributed by atoms with E-state index in [1.807, 2.05) is 12.2 Å². The molecule has 0 saturated carbocycles. The van der Waals surface area contributed by atoms with Gasteiger partial charge in [0.2, 0.25) is 0 Å². The van der Waals surface area contributed by atoms with Crippen LogP contribution in [0.2, 0.25) is 0 Å². The first-order valence-corrected chi connectivity index (χ1v) is 3.08. The van der Waals surface area contributed by atoms with Gasteiger partial charge in [0, 0.05) is 12.1 Å². The minimum atomic E-state index is 0.888. The molecule has 2 N–H and O–H groups in total. The van der Waals surface area contributed by atoms with Crippen LogP contribution in [0.3, 0.4) is 0 Å². The Balaban J connectivity index is 2.75. The number of rotatable bonds is 0. The zero-order valence-corrected chi connectivity index (χ0v) is 5.59. The fourth-order valence-electron chi connectivity index (χ4n) is 0.738. The third-order valence-corrected chi connectivity index (χ3v) is 1.33. The Labute approximate surface area is 55.6 Å². The summed E-state index contributed by atoms with van der Waals surface area (Å²) >= 11 is 0. The topological polar surface area (TPSA) is 26.0 Å². The molecule has 0 aliphatic heterocycles. The normalized spacial score (nSPS) is 18.3. The molecule has 1 nitrogen and oxygen atoms in total. The monoisotopic (exact) mass is 121 g/mol. The Morgan fingerprint density at radius 1 is 1.56 bits per heavy atom. The number of nitrogens with two attached hydrogens (primary N) is 1. The summed E-state index contributed by atoms with van der Waals surface area (Å²) in [5.41, 5.74) is 7.78. The van der Waals surface area contributed by atoms with Gasteiger partial charge in [-0.15, -0.1) is 0 Å². The molecule has 0 aromatic carbocycles. The summed E-state index contributed by atoms with van der Waals surface area (Å²) < 4.78 is 0. The van der Waals surface area contributed by atoms with E-state index in [1.165, 1.54) is 5.57 Å². The minimum absolute atomic E-state index is 0.888. The van der Waals surface area contributed by atoms with Crippen LogP contribution in [0.25, 0.3) is 0 Å². The Morgan fingerprint density at radius 2 is 2.33 bits per heavy atom. The van der Waals surface area contributed by atoms with Gasteiger partial charge >= 0.3 is 0 Å². The van der Waals surface area contributed by atoms with Gasteiger partial charge in [-0.1, -0.05) is 23.8 Å². The fourth-order valence-corrected chi connectivity index (χ4v) is 0.738. The van der Waals surface area contributed by atoms with Gasteiger partial charge in [0.25, 0.3) is 0 Å². The Bertz CT molecular complexity index is 182. The zero-order valence-electron chi connectivity index (χ0n) is 5.59. The lowest BCUT2D eigenvalue weighted by atomic mass is 10.2. The molecular formula is C8H11N. The van der Waals surface area contributed by atoms with E-state index >= 15 is 0 Å². The van der Waals surface area contributed by atoms with E-state index in [-0.39, 0.29) is 0 Å². The highest BCUT2D eigenvalue weighted by Gasteiger charge is 1.89. The van der Waals surface area contributed by atoms with Crippen LogP contribution in [-0.4, -0.2) is 0 Å². The Hall–Kier alpha value is -0.980. The van der Waals surface area contributed by atoms with Gasteiger partial charge in [-0.3, -0.25) is 0 Å². The second-order valence-electron chi connectivity index (χ2n) is 2.25. The molecule has 1 rings (SSSR count). The highest BCUT2D eigenvalue weighted by molar-refractivity contribution is 5.27. The summed E-state index contributed by atoms with van der Waals surface area (Å²) in [5.74, 6) is 0. The molecule has 0 unspecified atom stereocenters. The van der Waals surface area contributed by atoms with Gasteiger partial charge in [-0.2, -0.15) is 0 Å². The van der Waals surface area contributed by atoms with Crippen molar-refractivity contribution in [2.45, 2.75) is 13.3 Å². The lowest BCUT2D eigenvalue weighted by molar-refractivity contribution is 1.16. The van der Waals surface area contributed by atoms with Crippen LogP contribution in [0.1, 0.15) is 13.3 Å². The summed E-state index contributed by atoms with van der Waals surface area (Å²) in [6, 6.07) is 0. The standard InChI is InChI=1S/C8H11N/c1-7-3-2-4-8(9)6-5-7/h2-5H,6,9H2,1H3. The molecule has 0 saturated heterocycles. The number of hydrogen-bond donors (Lipinski definition) is 1. The van der Waals surface area contributed by atoms with Gasteiger partial charge in [0.1, 0.15) is 0 Å². The van der Waals surface area contributed by atoms with Gasteiger partial charge in [0.15, 0.2) is 0 Å². The molecule has 0 heterocycles. The second-order valence-corrected chi connectivity index (χ2v) is 2.25. The van der Waals surface area contributed by atoms with E-state index in [1.54, 1.807) is 0 Å². The molecule has 0 fully saturated rings. The molecule has 0 atom stereocenters. The largest absolute Gasteiger partial charge is 0.402 e. The molecule has 0 aromatic rings. The molecule has 0 aromatic heterocycles. The fraction of sp³-hybridized carbons (Fsp3) is 0.250. The molecule has 1 aliphatic rings. The van der Waals surface area contributed by atoms with Crippen molar-refractivity contribution in [3.63, 3.8) is 0 Å². The van der Waals surface area contributed by atoms with Crippen molar-refractivity contribution < 1.29 is 0 Å². The summed E-state index contributed by atoms with van der Waals surface area (Å²) in [4.78, 5) is 0. The van der Waals surface area contributed by atoms with Crippen LogP contribution in [0.15, 0.2) is 35.6 Å². The molecule has 0 amide bonds. The maximum atomic E-state index is 5.56. The summed E-state index contributed by atoms with van der Waals surface area (Å²) in [5, 5.41) is 0. The molecule has 1 aliphatic carbocycles. The molecule has 48 valence electrons. The third kappa shape index (κ3) is 1.76. The first-order chi connectivity index (χ1) is 4.29. The highest BCUT2D eigenvalue weighted by Crippen LogP contribution is 2.05. The lowest BCUT2D eigenvalue weighted by Gasteiger charge is -1.90. The van der Waals surface area contributed by atoms with Crippen LogP contribution >= 0.6 is 0 Å². The smallest absolute Gasteiger partial charge is 0.0119 e. The van der Waals surface area contributed by atoms with E-state index in [0.29, 0.717) is 0 Å². The van der Waals surface area contributed by atoms with Gasteiger partial charge in [-0.05, 0) is 13.0 Å². The van der Waals surface area contributed by atoms with Crippen LogP contribution in [0, 0.1) is 0 Å². The summed E-state index contributed by atoms with van der Waals surface area (Å²) in [6.45, 7) is 2.07. The van der Waals surface area contributed by atoms with Crippen LogP contribution in [0.5, 0.6) is 0 Å².